The van der Waals surface area contributed by atoms with E-state index in [1.165, 1.54) is 25.7 Å². The lowest BCUT2D eigenvalue weighted by Gasteiger charge is -2.45. The van der Waals surface area contributed by atoms with E-state index < -0.39 is 0 Å². The molecule has 0 spiro atoms. The molecule has 228 valence electrons. The number of hydrogen-bond donors (Lipinski definition) is 0. The monoisotopic (exact) mass is 620 g/mol. The quantitative estimate of drug-likeness (QED) is 0.317. The highest BCUT2D eigenvalue weighted by molar-refractivity contribution is 6.36. The fourth-order valence-electron chi connectivity index (χ4n) is 7.93. The summed E-state index contributed by atoms with van der Waals surface area (Å²) in [5, 5.41) is 1.17. The number of fused-ring (bicyclic) bond motifs is 2. The van der Waals surface area contributed by atoms with Crippen LogP contribution in [0.5, 0.6) is 0 Å². The third-order valence-electron chi connectivity index (χ3n) is 10.5. The summed E-state index contributed by atoms with van der Waals surface area (Å²) in [6, 6.07) is 16.9. The molecule has 0 radical (unpaired) electrons. The number of benzene rings is 2. The Morgan fingerprint density at radius 1 is 0.860 bits per heavy atom. The standard InChI is InChI=1S/C35H42Cl2N4O2/c1-22-30(20-32(42)24-8-5-4-6-9-24)38-31(23(2)34(22)35-28(36)10-7-11-29(35)37)21-33(43)41-16-14-40(15-17-41)27-18-25-12-13-26(19-27)39(25)3/h4-11,23,25-27,34H,12-21H2,1-3H3. The van der Waals surface area contributed by atoms with Gasteiger partial charge >= 0.3 is 0 Å². The summed E-state index contributed by atoms with van der Waals surface area (Å²) in [7, 11) is 2.29. The summed E-state index contributed by atoms with van der Waals surface area (Å²) < 4.78 is 0. The van der Waals surface area contributed by atoms with Crippen molar-refractivity contribution in [3.8, 4) is 0 Å². The first-order valence-electron chi connectivity index (χ1n) is 15.7. The number of carbonyl (C=O) groups is 2. The number of ketones is 1. The minimum Gasteiger partial charge on any atom is -0.340 e. The molecular weight excluding hydrogens is 579 g/mol. The average molecular weight is 622 g/mol. The lowest BCUT2D eigenvalue weighted by atomic mass is 9.75. The summed E-state index contributed by atoms with van der Waals surface area (Å²) >= 11 is 13.5. The molecule has 4 atom stereocenters. The first-order valence-corrected chi connectivity index (χ1v) is 16.5. The summed E-state index contributed by atoms with van der Waals surface area (Å²) in [6.07, 6.45) is 5.53. The molecule has 4 heterocycles. The van der Waals surface area contributed by atoms with Crippen molar-refractivity contribution in [2.24, 2.45) is 10.9 Å². The van der Waals surface area contributed by atoms with Gasteiger partial charge in [-0.3, -0.25) is 19.5 Å². The van der Waals surface area contributed by atoms with Crippen LogP contribution in [0.25, 0.3) is 0 Å². The third kappa shape index (κ3) is 6.22. The van der Waals surface area contributed by atoms with Gasteiger partial charge in [0.05, 0.1) is 12.8 Å². The van der Waals surface area contributed by atoms with E-state index in [9.17, 15) is 9.59 Å². The van der Waals surface area contributed by atoms with E-state index in [1.54, 1.807) is 0 Å². The first kappa shape index (κ1) is 30.5. The Bertz CT molecular complexity index is 1400. The van der Waals surface area contributed by atoms with Crippen molar-refractivity contribution >= 4 is 40.6 Å². The molecule has 0 N–H and O–H groups in total. The molecule has 2 bridgehead atoms. The number of piperazine rings is 1. The van der Waals surface area contributed by atoms with E-state index in [1.807, 2.05) is 60.4 Å². The predicted octanol–water partition coefficient (Wildman–Crippen LogP) is 6.87. The van der Waals surface area contributed by atoms with E-state index in [4.69, 9.17) is 28.2 Å². The van der Waals surface area contributed by atoms with Crippen LogP contribution in [0.4, 0.5) is 0 Å². The molecule has 8 heteroatoms. The number of aliphatic imine (C=N–C) groups is 1. The van der Waals surface area contributed by atoms with E-state index in [2.05, 4.69) is 23.8 Å². The topological polar surface area (TPSA) is 56.2 Å². The second-order valence-corrected chi connectivity index (χ2v) is 13.7. The number of halogens is 2. The van der Waals surface area contributed by atoms with Gasteiger partial charge in [-0.05, 0) is 62.9 Å². The molecular formula is C35H42Cl2N4O2. The fraction of sp³-hybridized carbons (Fsp3) is 0.514. The molecule has 0 aromatic heterocycles. The molecule has 0 saturated carbocycles. The second-order valence-electron chi connectivity index (χ2n) is 12.9. The number of rotatable bonds is 7. The van der Waals surface area contributed by atoms with Crippen LogP contribution < -0.4 is 0 Å². The van der Waals surface area contributed by atoms with Gasteiger partial charge in [0.15, 0.2) is 5.78 Å². The van der Waals surface area contributed by atoms with Gasteiger partial charge in [-0.25, -0.2) is 0 Å². The van der Waals surface area contributed by atoms with Crippen LogP contribution in [0.3, 0.4) is 0 Å². The van der Waals surface area contributed by atoms with Crippen LogP contribution in [-0.2, 0) is 4.79 Å². The van der Waals surface area contributed by atoms with E-state index in [0.29, 0.717) is 39.4 Å². The van der Waals surface area contributed by atoms with Crippen molar-refractivity contribution < 1.29 is 9.59 Å². The van der Waals surface area contributed by atoms with Crippen LogP contribution in [0.1, 0.15) is 74.2 Å². The number of nitrogens with zero attached hydrogens (tertiary/aromatic N) is 4. The highest BCUT2D eigenvalue weighted by atomic mass is 35.5. The number of allylic oxidation sites excluding steroid dienone is 2. The molecule has 6 nitrogen and oxygen atoms in total. The van der Waals surface area contributed by atoms with Gasteiger partial charge in [-0.15, -0.1) is 0 Å². The molecule has 2 aromatic carbocycles. The zero-order chi connectivity index (χ0) is 30.2. The van der Waals surface area contributed by atoms with E-state index >= 15 is 0 Å². The summed E-state index contributed by atoms with van der Waals surface area (Å²) in [6.45, 7) is 7.46. The lowest BCUT2D eigenvalue weighted by molar-refractivity contribution is -0.132. The smallest absolute Gasteiger partial charge is 0.228 e. The maximum Gasteiger partial charge on any atom is 0.228 e. The van der Waals surface area contributed by atoms with Crippen LogP contribution in [0.15, 0.2) is 64.8 Å². The highest BCUT2D eigenvalue weighted by Gasteiger charge is 2.41. The third-order valence-corrected chi connectivity index (χ3v) is 11.2. The molecule has 0 aliphatic carbocycles. The van der Waals surface area contributed by atoms with Crippen molar-refractivity contribution in [2.45, 2.75) is 76.4 Å². The molecule has 3 fully saturated rings. The number of Topliss-reactive ketones (excluding diaryl/α,β-unsaturated/α-hetero) is 1. The first-order chi connectivity index (χ1) is 20.7. The Morgan fingerprint density at radius 2 is 1.49 bits per heavy atom. The van der Waals surface area contributed by atoms with Gasteiger partial charge in [0.2, 0.25) is 5.91 Å². The Morgan fingerprint density at radius 3 is 2.12 bits per heavy atom. The Labute approximate surface area is 265 Å². The van der Waals surface area contributed by atoms with Gasteiger partial charge < -0.3 is 9.80 Å². The minimum absolute atomic E-state index is 0.00130. The normalized spacial score (nSPS) is 28.3. The van der Waals surface area contributed by atoms with E-state index in [0.717, 1.165) is 43.0 Å². The summed E-state index contributed by atoms with van der Waals surface area (Å²) in [4.78, 5) is 39.3. The zero-order valence-corrected chi connectivity index (χ0v) is 26.9. The second kappa shape index (κ2) is 12.8. The van der Waals surface area contributed by atoms with Crippen molar-refractivity contribution in [1.29, 1.82) is 0 Å². The predicted molar refractivity (Wildman–Crippen MR) is 174 cm³/mol. The average Bonchev–Trinajstić information content (AvgIpc) is 3.20. The van der Waals surface area contributed by atoms with Gasteiger partial charge in [-0.2, -0.15) is 0 Å². The number of amides is 1. The van der Waals surface area contributed by atoms with Gasteiger partial charge in [-0.1, -0.05) is 66.5 Å². The van der Waals surface area contributed by atoms with Crippen molar-refractivity contribution in [1.82, 2.24) is 14.7 Å². The Balaban J connectivity index is 1.19. The zero-order valence-electron chi connectivity index (χ0n) is 25.4. The van der Waals surface area contributed by atoms with Crippen LogP contribution in [0, 0.1) is 5.92 Å². The largest absolute Gasteiger partial charge is 0.340 e. The Hall–Kier alpha value is -2.51. The van der Waals surface area contributed by atoms with Crippen LogP contribution >= 0.6 is 23.2 Å². The molecule has 4 aliphatic rings. The van der Waals surface area contributed by atoms with Gasteiger partial charge in [0, 0.05) is 83.2 Å². The van der Waals surface area contributed by atoms with Crippen LogP contribution in [-0.4, -0.2) is 83.5 Å². The molecule has 3 saturated heterocycles. The summed E-state index contributed by atoms with van der Waals surface area (Å²) in [5.74, 6) is -0.156. The molecule has 4 unspecified atom stereocenters. The molecule has 6 rings (SSSR count). The SMILES string of the molecule is CC1=C(CC(=O)c2ccccc2)N=C(CC(=O)N2CCN(C3CC4CCC(C3)N4C)CC2)C(C)C1c1c(Cl)cccc1Cl. The van der Waals surface area contributed by atoms with Crippen molar-refractivity contribution in [3.05, 3.63) is 81.0 Å². The molecule has 4 aliphatic heterocycles. The Kier molecular flexibility index (Phi) is 9.11. The lowest BCUT2D eigenvalue weighted by Crippen LogP contribution is -2.56. The maximum absolute atomic E-state index is 13.7. The fourth-order valence-corrected chi connectivity index (χ4v) is 8.56. The maximum atomic E-state index is 13.7. The molecule has 2 aromatic rings. The van der Waals surface area contributed by atoms with Gasteiger partial charge in [0.1, 0.15) is 0 Å². The van der Waals surface area contributed by atoms with Gasteiger partial charge in [0.25, 0.3) is 0 Å². The van der Waals surface area contributed by atoms with Crippen molar-refractivity contribution in [2.75, 3.05) is 33.2 Å². The summed E-state index contributed by atoms with van der Waals surface area (Å²) in [5.41, 5.74) is 3.96. The van der Waals surface area contributed by atoms with Crippen LogP contribution in [0.2, 0.25) is 10.0 Å². The number of piperidine rings is 1. The molecule has 1 amide bonds. The highest BCUT2D eigenvalue weighted by Crippen LogP contribution is 2.45. The minimum atomic E-state index is -0.170. The van der Waals surface area contributed by atoms with E-state index in [-0.39, 0.29) is 36.4 Å². The number of hydrogen-bond acceptors (Lipinski definition) is 5. The number of carbonyl (C=O) groups excluding carboxylic acids is 2. The molecule has 43 heavy (non-hydrogen) atoms. The van der Waals surface area contributed by atoms with Crippen molar-refractivity contribution in [3.63, 3.8) is 0 Å².